The number of rotatable bonds is 5. The molecule has 0 aliphatic rings. The van der Waals surface area contributed by atoms with E-state index in [4.69, 9.17) is 22.1 Å². The Hall–Kier alpha value is -1.03. The van der Waals surface area contributed by atoms with Crippen LogP contribution in [-0.4, -0.2) is 6.04 Å². The number of hydrogen-bond acceptors (Lipinski definition) is 2. The van der Waals surface area contributed by atoms with Gasteiger partial charge in [0.1, 0.15) is 11.9 Å². The average molecular weight is 369 g/mol. The van der Waals surface area contributed by atoms with Crippen LogP contribution in [0.4, 0.5) is 0 Å². The highest BCUT2D eigenvalue weighted by Crippen LogP contribution is 2.28. The molecule has 0 spiro atoms. The summed E-state index contributed by atoms with van der Waals surface area (Å²) in [7, 11) is 0. The molecule has 0 bridgehead atoms. The van der Waals surface area contributed by atoms with Crippen LogP contribution in [0.25, 0.3) is 0 Å². The highest BCUT2D eigenvalue weighted by atomic mass is 79.9. The van der Waals surface area contributed by atoms with Gasteiger partial charge in [-0.1, -0.05) is 46.6 Å². The van der Waals surface area contributed by atoms with Crippen LogP contribution in [-0.2, 0) is 6.42 Å². The van der Waals surface area contributed by atoms with Gasteiger partial charge in [-0.3, -0.25) is 0 Å². The Balaban J connectivity index is 2.26. The lowest BCUT2D eigenvalue weighted by atomic mass is 10.0. The van der Waals surface area contributed by atoms with Gasteiger partial charge in [0.05, 0.1) is 0 Å². The monoisotopic (exact) mass is 367 g/mol. The predicted molar refractivity (Wildman–Crippen MR) is 92.0 cm³/mol. The Morgan fingerprint density at radius 3 is 2.43 bits per heavy atom. The van der Waals surface area contributed by atoms with Gasteiger partial charge in [-0.05, 0) is 54.8 Å². The summed E-state index contributed by atoms with van der Waals surface area (Å²) in [6.45, 7) is 4.02. The van der Waals surface area contributed by atoms with Crippen molar-refractivity contribution in [2.75, 3.05) is 0 Å². The standard InChI is InChI=1S/C17H19BrClNO/c1-3-12-10-15(8-9-16(12)19)21-17(11(2)20)13-4-6-14(18)7-5-13/h4-11,17H,3,20H2,1-2H3. The van der Waals surface area contributed by atoms with Crippen LogP contribution in [0.5, 0.6) is 5.75 Å². The molecule has 0 amide bonds. The Labute approximate surface area is 139 Å². The van der Waals surface area contributed by atoms with Gasteiger partial charge in [0.2, 0.25) is 0 Å². The number of ether oxygens (including phenoxy) is 1. The second-order valence-corrected chi connectivity index (χ2v) is 6.38. The van der Waals surface area contributed by atoms with Crippen LogP contribution >= 0.6 is 27.5 Å². The van der Waals surface area contributed by atoms with Crippen LogP contribution in [0.3, 0.4) is 0 Å². The zero-order valence-corrected chi connectivity index (χ0v) is 14.5. The Morgan fingerprint density at radius 2 is 1.86 bits per heavy atom. The molecule has 21 heavy (non-hydrogen) atoms. The number of benzene rings is 2. The SMILES string of the molecule is CCc1cc(OC(c2ccc(Br)cc2)C(C)N)ccc1Cl. The fourth-order valence-corrected chi connectivity index (χ4v) is 2.69. The highest BCUT2D eigenvalue weighted by molar-refractivity contribution is 9.10. The molecule has 2 unspecified atom stereocenters. The maximum atomic E-state index is 6.14. The van der Waals surface area contributed by atoms with Gasteiger partial charge < -0.3 is 10.5 Å². The molecule has 0 saturated heterocycles. The van der Waals surface area contributed by atoms with Crippen molar-refractivity contribution < 1.29 is 4.74 Å². The highest BCUT2D eigenvalue weighted by Gasteiger charge is 2.18. The summed E-state index contributed by atoms with van der Waals surface area (Å²) in [6.07, 6.45) is 0.681. The molecule has 2 aromatic rings. The zero-order valence-electron chi connectivity index (χ0n) is 12.1. The van der Waals surface area contributed by atoms with Gasteiger partial charge in [0.15, 0.2) is 0 Å². The number of hydrogen-bond donors (Lipinski definition) is 1. The van der Waals surface area contributed by atoms with Crippen LogP contribution < -0.4 is 10.5 Å². The molecule has 2 aromatic carbocycles. The summed E-state index contributed by atoms with van der Waals surface area (Å²) in [5.74, 6) is 0.793. The van der Waals surface area contributed by atoms with E-state index in [0.29, 0.717) is 0 Å². The first kappa shape index (κ1) is 16.3. The normalized spacial score (nSPS) is 13.8. The van der Waals surface area contributed by atoms with Crippen molar-refractivity contribution in [3.63, 3.8) is 0 Å². The summed E-state index contributed by atoms with van der Waals surface area (Å²) >= 11 is 9.58. The molecule has 4 heteroatoms. The number of halogens is 2. The first-order valence-corrected chi connectivity index (χ1v) is 8.14. The van der Waals surface area contributed by atoms with E-state index >= 15 is 0 Å². The zero-order chi connectivity index (χ0) is 15.4. The summed E-state index contributed by atoms with van der Waals surface area (Å²) in [5, 5.41) is 0.769. The minimum Gasteiger partial charge on any atom is -0.484 e. The topological polar surface area (TPSA) is 35.2 Å². The van der Waals surface area contributed by atoms with E-state index < -0.39 is 0 Å². The third kappa shape index (κ3) is 4.22. The maximum absolute atomic E-state index is 6.14. The first-order valence-electron chi connectivity index (χ1n) is 6.97. The van der Waals surface area contributed by atoms with E-state index in [-0.39, 0.29) is 12.1 Å². The van der Waals surface area contributed by atoms with Gasteiger partial charge in [0.25, 0.3) is 0 Å². The lowest BCUT2D eigenvalue weighted by Gasteiger charge is -2.23. The first-order chi connectivity index (χ1) is 10.0. The lowest BCUT2D eigenvalue weighted by Crippen LogP contribution is -2.29. The van der Waals surface area contributed by atoms with Crippen molar-refractivity contribution in [1.82, 2.24) is 0 Å². The fourth-order valence-electron chi connectivity index (χ4n) is 2.17. The smallest absolute Gasteiger partial charge is 0.138 e. The number of aryl methyl sites for hydroxylation is 1. The molecule has 0 heterocycles. The second kappa shape index (κ2) is 7.30. The van der Waals surface area contributed by atoms with Crippen LogP contribution in [0, 0.1) is 0 Å². The molecule has 2 atom stereocenters. The number of nitrogens with two attached hydrogens (primary N) is 1. The molecule has 0 saturated carbocycles. The lowest BCUT2D eigenvalue weighted by molar-refractivity contribution is 0.180. The van der Waals surface area contributed by atoms with Crippen molar-refractivity contribution in [3.05, 3.63) is 63.1 Å². The van der Waals surface area contributed by atoms with E-state index in [2.05, 4.69) is 22.9 Å². The summed E-state index contributed by atoms with van der Waals surface area (Å²) in [6, 6.07) is 13.7. The van der Waals surface area contributed by atoms with Crippen molar-refractivity contribution in [2.24, 2.45) is 5.73 Å². The molecule has 112 valence electrons. The van der Waals surface area contributed by atoms with Crippen LogP contribution in [0.1, 0.15) is 31.1 Å². The second-order valence-electron chi connectivity index (χ2n) is 5.06. The Morgan fingerprint density at radius 1 is 1.19 bits per heavy atom. The molecule has 2 nitrogen and oxygen atoms in total. The molecule has 0 aromatic heterocycles. The molecule has 0 radical (unpaired) electrons. The average Bonchev–Trinajstić information content (AvgIpc) is 2.47. The van der Waals surface area contributed by atoms with Gasteiger partial charge >= 0.3 is 0 Å². The molecule has 0 aliphatic carbocycles. The molecule has 2 rings (SSSR count). The molecular formula is C17H19BrClNO. The summed E-state index contributed by atoms with van der Waals surface area (Å²) < 4.78 is 7.14. The van der Waals surface area contributed by atoms with Crippen molar-refractivity contribution >= 4 is 27.5 Å². The van der Waals surface area contributed by atoms with E-state index in [1.807, 2.05) is 49.4 Å². The van der Waals surface area contributed by atoms with E-state index in [9.17, 15) is 0 Å². The largest absolute Gasteiger partial charge is 0.484 e. The van der Waals surface area contributed by atoms with Gasteiger partial charge in [0, 0.05) is 15.5 Å². The summed E-state index contributed by atoms with van der Waals surface area (Å²) in [5.41, 5.74) is 8.23. The van der Waals surface area contributed by atoms with Crippen LogP contribution in [0.15, 0.2) is 46.9 Å². The third-order valence-corrected chi connectivity index (χ3v) is 4.23. The molecule has 0 aliphatic heterocycles. The van der Waals surface area contributed by atoms with Crippen molar-refractivity contribution in [2.45, 2.75) is 32.4 Å². The van der Waals surface area contributed by atoms with Gasteiger partial charge in [-0.2, -0.15) is 0 Å². The Bertz CT molecular complexity index is 598. The molecule has 2 N–H and O–H groups in total. The maximum Gasteiger partial charge on any atom is 0.138 e. The quantitative estimate of drug-likeness (QED) is 0.794. The third-order valence-electron chi connectivity index (χ3n) is 3.34. The van der Waals surface area contributed by atoms with Gasteiger partial charge in [-0.25, -0.2) is 0 Å². The van der Waals surface area contributed by atoms with E-state index in [1.165, 1.54) is 0 Å². The van der Waals surface area contributed by atoms with Gasteiger partial charge in [-0.15, -0.1) is 0 Å². The van der Waals surface area contributed by atoms with Crippen molar-refractivity contribution in [1.29, 1.82) is 0 Å². The molecule has 0 fully saturated rings. The minimum atomic E-state index is -0.191. The van der Waals surface area contributed by atoms with E-state index in [0.717, 1.165) is 32.8 Å². The molecular weight excluding hydrogens is 350 g/mol. The minimum absolute atomic E-state index is 0.119. The summed E-state index contributed by atoms with van der Waals surface area (Å²) in [4.78, 5) is 0. The fraction of sp³-hybridized carbons (Fsp3) is 0.294. The predicted octanol–water partition coefficient (Wildman–Crippen LogP) is 5.13. The Kier molecular flexibility index (Phi) is 5.68. The van der Waals surface area contributed by atoms with E-state index in [1.54, 1.807) is 0 Å². The van der Waals surface area contributed by atoms with Crippen LogP contribution in [0.2, 0.25) is 5.02 Å². The van der Waals surface area contributed by atoms with Crippen molar-refractivity contribution in [3.8, 4) is 5.75 Å².